The van der Waals surface area contributed by atoms with Gasteiger partial charge in [0.05, 0.1) is 11.7 Å². The number of fused-ring (bicyclic) bond motifs is 1. The van der Waals surface area contributed by atoms with Gasteiger partial charge in [-0.25, -0.2) is 9.97 Å². The van der Waals surface area contributed by atoms with Crippen molar-refractivity contribution in [3.05, 3.63) is 34.1 Å². The molecule has 2 heterocycles. The van der Waals surface area contributed by atoms with Gasteiger partial charge in [-0.1, -0.05) is 11.3 Å². The van der Waals surface area contributed by atoms with Gasteiger partial charge in [0.25, 0.3) is 4.74 Å². The van der Waals surface area contributed by atoms with Crippen LogP contribution in [0.5, 0.6) is 0 Å². The lowest BCUT2D eigenvalue weighted by atomic mass is 10.5. The van der Waals surface area contributed by atoms with E-state index in [-0.39, 0.29) is 4.74 Å². The normalized spacial score (nSPS) is 10.2. The number of aromatic nitrogens is 2. The van der Waals surface area contributed by atoms with E-state index < -0.39 is 0 Å². The minimum Gasteiger partial charge on any atom is -0.276 e. The molecule has 0 radical (unpaired) electrons. The fraction of sp³-hybridized carbons (Fsp3) is 0. The molecule has 3 nitrogen and oxygen atoms in total. The Morgan fingerprint density at radius 3 is 3.18 bits per heavy atom. The molecule has 0 fully saturated rings. The van der Waals surface area contributed by atoms with Crippen LogP contribution in [-0.2, 0) is 0 Å². The topological polar surface area (TPSA) is 42.9 Å². The van der Waals surface area contributed by atoms with E-state index in [0.29, 0.717) is 4.83 Å². The molecule has 0 aliphatic heterocycles. The third-order valence-electron chi connectivity index (χ3n) is 1.26. The van der Waals surface area contributed by atoms with Crippen molar-refractivity contribution in [1.82, 2.24) is 9.97 Å². The Kier molecular flexibility index (Phi) is 1.40. The number of rotatable bonds is 0. The summed E-state index contributed by atoms with van der Waals surface area (Å²) in [6, 6.07) is 3.63. The summed E-state index contributed by atoms with van der Waals surface area (Å²) in [5.74, 6) is 0. The van der Waals surface area contributed by atoms with Gasteiger partial charge in [-0.05, 0) is 12.1 Å². The van der Waals surface area contributed by atoms with Gasteiger partial charge in [0, 0.05) is 6.20 Å². The lowest BCUT2D eigenvalue weighted by molar-refractivity contribution is 1.36. The van der Waals surface area contributed by atoms with Gasteiger partial charge in [0.15, 0.2) is 0 Å². The van der Waals surface area contributed by atoms with Crippen LogP contribution in [0.4, 0.5) is 0 Å². The quantitative estimate of drug-likeness (QED) is 0.584. The zero-order valence-electron chi connectivity index (χ0n) is 5.52. The summed E-state index contributed by atoms with van der Waals surface area (Å²) in [4.78, 5) is 19.4. The van der Waals surface area contributed by atoms with Crippen LogP contribution in [0, 0.1) is 0 Å². The molecule has 2 rings (SSSR count). The van der Waals surface area contributed by atoms with Gasteiger partial charge in [-0.2, -0.15) is 0 Å². The summed E-state index contributed by atoms with van der Waals surface area (Å²) < 4.78 is -0.0591. The zero-order chi connectivity index (χ0) is 7.68. The maximum atomic E-state index is 10.8. The molecule has 54 valence electrons. The molecular weight excluding hydrogens is 160 g/mol. The van der Waals surface area contributed by atoms with E-state index in [2.05, 4.69) is 9.97 Å². The number of hydrogen-bond donors (Lipinski definition) is 0. The summed E-state index contributed by atoms with van der Waals surface area (Å²) >= 11 is 1.11. The van der Waals surface area contributed by atoms with Crippen LogP contribution in [0.25, 0.3) is 10.3 Å². The predicted octanol–water partition coefficient (Wildman–Crippen LogP) is 1.05. The number of hydrogen-bond acceptors (Lipinski definition) is 4. The molecule has 0 bridgehead atoms. The maximum absolute atomic E-state index is 10.8. The lowest BCUT2D eigenvalue weighted by Gasteiger charge is -1.89. The van der Waals surface area contributed by atoms with Crippen molar-refractivity contribution in [1.29, 1.82) is 0 Å². The van der Waals surface area contributed by atoms with Gasteiger partial charge < -0.3 is 0 Å². The molecule has 0 aromatic carbocycles. The van der Waals surface area contributed by atoms with Gasteiger partial charge >= 0.3 is 0 Å². The smallest absolute Gasteiger partial charge is 0.252 e. The Labute approximate surface area is 66.4 Å². The summed E-state index contributed by atoms with van der Waals surface area (Å²) in [6.45, 7) is 0. The number of pyridine rings is 1. The van der Waals surface area contributed by atoms with Crippen molar-refractivity contribution in [2.75, 3.05) is 0 Å². The Bertz CT molecular complexity index is 437. The third-order valence-corrected chi connectivity index (χ3v) is 2.07. The lowest BCUT2D eigenvalue weighted by Crippen LogP contribution is -1.93. The highest BCUT2D eigenvalue weighted by Crippen LogP contribution is 2.07. The molecule has 0 saturated carbocycles. The van der Waals surface area contributed by atoms with Crippen molar-refractivity contribution < 1.29 is 0 Å². The Morgan fingerprint density at radius 1 is 1.36 bits per heavy atom. The second kappa shape index (κ2) is 2.39. The molecule has 0 N–H and O–H groups in total. The van der Waals surface area contributed by atoms with E-state index in [1.807, 2.05) is 6.07 Å². The second-order valence-electron chi connectivity index (χ2n) is 2.01. The van der Waals surface area contributed by atoms with Crippen LogP contribution >= 0.6 is 11.3 Å². The molecule has 0 spiro atoms. The summed E-state index contributed by atoms with van der Waals surface area (Å²) in [6.07, 6.45) is 2.97. The third kappa shape index (κ3) is 1.12. The molecule has 0 saturated heterocycles. The molecular formula is C7H4N2OS. The van der Waals surface area contributed by atoms with Gasteiger partial charge in [0.1, 0.15) is 4.83 Å². The fourth-order valence-electron chi connectivity index (χ4n) is 0.803. The predicted molar refractivity (Wildman–Crippen MR) is 43.7 cm³/mol. The van der Waals surface area contributed by atoms with Crippen molar-refractivity contribution in [3.8, 4) is 0 Å². The molecule has 0 aliphatic rings. The molecule has 2 aromatic rings. The first kappa shape index (κ1) is 6.42. The summed E-state index contributed by atoms with van der Waals surface area (Å²) in [7, 11) is 0. The van der Waals surface area contributed by atoms with Crippen LogP contribution in [0.3, 0.4) is 0 Å². The highest BCUT2D eigenvalue weighted by Gasteiger charge is 1.93. The van der Waals surface area contributed by atoms with Crippen molar-refractivity contribution in [3.63, 3.8) is 0 Å². The summed E-state index contributed by atoms with van der Waals surface area (Å²) in [5.41, 5.74) is 0.775. The van der Waals surface area contributed by atoms with Crippen LogP contribution in [0.1, 0.15) is 0 Å². The van der Waals surface area contributed by atoms with Gasteiger partial charge in [0.2, 0.25) is 0 Å². The maximum Gasteiger partial charge on any atom is 0.252 e. The van der Waals surface area contributed by atoms with E-state index in [1.54, 1.807) is 12.3 Å². The van der Waals surface area contributed by atoms with E-state index in [9.17, 15) is 4.79 Å². The average Bonchev–Trinajstić information content (AvgIpc) is 2.04. The number of nitrogens with zero attached hydrogens (tertiary/aromatic N) is 2. The van der Waals surface area contributed by atoms with Crippen LogP contribution in [0.15, 0.2) is 29.3 Å². The van der Waals surface area contributed by atoms with E-state index in [1.165, 1.54) is 6.20 Å². The monoisotopic (exact) mass is 164 g/mol. The van der Waals surface area contributed by atoms with Crippen molar-refractivity contribution in [2.24, 2.45) is 0 Å². The largest absolute Gasteiger partial charge is 0.276 e. The highest BCUT2D eigenvalue weighted by molar-refractivity contribution is 7.15. The zero-order valence-corrected chi connectivity index (χ0v) is 6.34. The fourth-order valence-corrected chi connectivity index (χ4v) is 1.44. The van der Waals surface area contributed by atoms with Crippen LogP contribution < -0.4 is 4.74 Å². The van der Waals surface area contributed by atoms with E-state index >= 15 is 0 Å². The van der Waals surface area contributed by atoms with Gasteiger partial charge in [-0.3, -0.25) is 4.79 Å². The molecule has 0 atom stereocenters. The van der Waals surface area contributed by atoms with Crippen LogP contribution in [0.2, 0.25) is 0 Å². The first-order valence-corrected chi connectivity index (χ1v) is 3.89. The Balaban J connectivity index is 2.94. The molecule has 0 aliphatic carbocycles. The van der Waals surface area contributed by atoms with Crippen molar-refractivity contribution >= 4 is 21.7 Å². The standard InChI is InChI=1S/C7H4N2OS/c10-6-4-9-5-2-1-3-8-7(5)11-6/h1-4H. The summed E-state index contributed by atoms with van der Waals surface area (Å²) in [5, 5.41) is 0. The van der Waals surface area contributed by atoms with Crippen molar-refractivity contribution in [2.45, 2.75) is 0 Å². The minimum absolute atomic E-state index is 0.0591. The molecule has 11 heavy (non-hydrogen) atoms. The average molecular weight is 164 g/mol. The minimum atomic E-state index is -0.0591. The molecule has 2 aromatic heterocycles. The Hall–Kier alpha value is -1.29. The Morgan fingerprint density at radius 2 is 2.27 bits per heavy atom. The van der Waals surface area contributed by atoms with E-state index in [0.717, 1.165) is 16.9 Å². The SMILES string of the molecule is O=c1cnc2cccnc2s1. The van der Waals surface area contributed by atoms with E-state index in [4.69, 9.17) is 0 Å². The first-order valence-electron chi connectivity index (χ1n) is 3.07. The second-order valence-corrected chi connectivity index (χ2v) is 3.00. The van der Waals surface area contributed by atoms with Gasteiger partial charge in [-0.15, -0.1) is 0 Å². The molecule has 4 heteroatoms. The van der Waals surface area contributed by atoms with Crippen LogP contribution in [-0.4, -0.2) is 9.97 Å². The highest BCUT2D eigenvalue weighted by atomic mass is 32.1. The molecule has 0 amide bonds. The molecule has 0 unspecified atom stereocenters. The first-order chi connectivity index (χ1) is 5.36.